The summed E-state index contributed by atoms with van der Waals surface area (Å²) in [5, 5.41) is 4.66. The normalized spacial score (nSPS) is 12.0. The Morgan fingerprint density at radius 2 is 1.28 bits per heavy atom. The maximum atomic E-state index is 5.73. The molecule has 65 heavy (non-hydrogen) atoms. The number of hydrogen-bond donors (Lipinski definition) is 0. The zero-order valence-corrected chi connectivity index (χ0v) is 40.9. The third kappa shape index (κ3) is 6.95. The third-order valence-electron chi connectivity index (χ3n) is 13.1. The number of aryl methyl sites for hydroxylation is 7. The number of pyridine rings is 1. The Kier molecular flexibility index (Phi) is 10.2. The molecule has 0 spiro atoms. The summed E-state index contributed by atoms with van der Waals surface area (Å²) in [6, 6.07) is 48.6. The molecule has 4 aromatic heterocycles. The molecule has 0 aliphatic rings. The Labute approximate surface area is 395 Å². The summed E-state index contributed by atoms with van der Waals surface area (Å²) >= 11 is 0. The van der Waals surface area contributed by atoms with Crippen molar-refractivity contribution >= 4 is 54.6 Å². The maximum Gasteiger partial charge on any atom is 2.00 e. The first-order chi connectivity index (χ1) is 30.7. The Morgan fingerprint density at radius 1 is 0.569 bits per heavy atom. The van der Waals surface area contributed by atoms with Gasteiger partial charge in [0, 0.05) is 23.0 Å². The molecule has 0 saturated carbocycles. The van der Waals surface area contributed by atoms with Crippen molar-refractivity contribution in [3.63, 3.8) is 0 Å². The second-order valence-electron chi connectivity index (χ2n) is 19.2. The molecule has 0 aliphatic heterocycles. The van der Waals surface area contributed by atoms with Crippen LogP contribution in [0.1, 0.15) is 65.3 Å². The predicted octanol–water partition coefficient (Wildman–Crippen LogP) is 15.0. The van der Waals surface area contributed by atoms with Crippen LogP contribution < -0.4 is 4.98 Å². The van der Waals surface area contributed by atoms with E-state index in [0.717, 1.165) is 88.8 Å². The molecule has 4 heterocycles. The van der Waals surface area contributed by atoms with Crippen LogP contribution in [0, 0.1) is 54.5 Å². The molecule has 0 amide bonds. The van der Waals surface area contributed by atoms with Crippen molar-refractivity contribution in [3.8, 4) is 45.1 Å². The van der Waals surface area contributed by atoms with Gasteiger partial charge >= 0.3 is 21.1 Å². The quantitative estimate of drug-likeness (QED) is 0.161. The van der Waals surface area contributed by atoms with Crippen molar-refractivity contribution in [1.82, 2.24) is 24.1 Å². The van der Waals surface area contributed by atoms with Gasteiger partial charge in [0.05, 0.1) is 11.0 Å². The Balaban J connectivity index is 0.00000498. The van der Waals surface area contributed by atoms with E-state index in [0.29, 0.717) is 0 Å². The van der Waals surface area contributed by atoms with Crippen molar-refractivity contribution in [2.45, 2.75) is 74.7 Å². The minimum Gasteiger partial charge on any atom is -0.656 e. The largest absolute Gasteiger partial charge is 2.00 e. The van der Waals surface area contributed by atoms with E-state index in [9.17, 15) is 0 Å². The van der Waals surface area contributed by atoms with Gasteiger partial charge in [0.1, 0.15) is 11.6 Å². The first-order valence-corrected chi connectivity index (χ1v) is 22.3. The summed E-state index contributed by atoms with van der Waals surface area (Å²) in [5.41, 5.74) is 22.3. The molecule has 0 aliphatic carbocycles. The molecule has 11 aromatic rings. The van der Waals surface area contributed by atoms with Crippen molar-refractivity contribution in [3.05, 3.63) is 178 Å². The molecular weight excluding hydrogens is 974 g/mol. The number of hydrogen-bond acceptors (Lipinski definition) is 2. The van der Waals surface area contributed by atoms with Crippen LogP contribution in [0.3, 0.4) is 0 Å². The molecule has 0 bridgehead atoms. The topological polar surface area (TPSA) is 49.7 Å². The van der Waals surface area contributed by atoms with Crippen molar-refractivity contribution in [2.75, 3.05) is 0 Å². The summed E-state index contributed by atoms with van der Waals surface area (Å²) in [7, 11) is 0. The van der Waals surface area contributed by atoms with Crippen LogP contribution >= 0.6 is 0 Å². The Morgan fingerprint density at radius 3 is 2.03 bits per heavy atom. The first kappa shape index (κ1) is 42.4. The van der Waals surface area contributed by atoms with Crippen LogP contribution in [-0.4, -0.2) is 19.1 Å². The zero-order chi connectivity index (χ0) is 44.3. The number of imidazole rings is 1. The minimum absolute atomic E-state index is 0. The van der Waals surface area contributed by atoms with E-state index in [1.807, 2.05) is 6.20 Å². The molecule has 5 nitrogen and oxygen atoms in total. The maximum absolute atomic E-state index is 5.73. The van der Waals surface area contributed by atoms with Crippen LogP contribution in [0.15, 0.2) is 128 Å². The van der Waals surface area contributed by atoms with Gasteiger partial charge in [-0.15, -0.1) is 34.8 Å². The van der Waals surface area contributed by atoms with Crippen LogP contribution in [0.5, 0.6) is 0 Å². The van der Waals surface area contributed by atoms with E-state index in [-0.39, 0.29) is 26.5 Å². The summed E-state index contributed by atoms with van der Waals surface area (Å²) < 4.78 is 4.64. The van der Waals surface area contributed by atoms with Crippen LogP contribution in [-0.2, 0) is 26.5 Å². The van der Waals surface area contributed by atoms with Crippen LogP contribution in [0.4, 0.5) is 0 Å². The molecule has 11 rings (SSSR count). The van der Waals surface area contributed by atoms with E-state index in [2.05, 4.69) is 206 Å². The van der Waals surface area contributed by atoms with Crippen molar-refractivity contribution in [2.24, 2.45) is 0 Å². The van der Waals surface area contributed by atoms with Gasteiger partial charge in [0.25, 0.3) is 0 Å². The number of aromatic nitrogens is 5. The monoisotopic (exact) mass is 1020 g/mol. The fraction of sp³-hybridized carbons (Fsp3) is 0.186. The molecule has 0 N–H and O–H groups in total. The Hall–Kier alpha value is -6.55. The molecule has 0 atom stereocenters. The number of benzene rings is 7. The minimum atomic E-state index is -0.0308. The van der Waals surface area contributed by atoms with Crippen LogP contribution in [0.25, 0.3) is 99.8 Å². The van der Waals surface area contributed by atoms with Gasteiger partial charge in [-0.3, -0.25) is 4.57 Å². The van der Waals surface area contributed by atoms with Crippen molar-refractivity contribution in [1.29, 1.82) is 0 Å². The average Bonchev–Trinajstić information content (AvgIpc) is 3.92. The van der Waals surface area contributed by atoms with Gasteiger partial charge in [-0.1, -0.05) is 127 Å². The van der Waals surface area contributed by atoms with E-state index in [1.165, 1.54) is 55.5 Å². The van der Waals surface area contributed by atoms with E-state index in [4.69, 9.17) is 15.0 Å². The van der Waals surface area contributed by atoms with Gasteiger partial charge in [0.15, 0.2) is 0 Å². The second kappa shape index (κ2) is 15.6. The number of nitrogens with zero attached hydrogens (tertiary/aromatic N) is 5. The second-order valence-corrected chi connectivity index (χ2v) is 19.2. The fourth-order valence-corrected chi connectivity index (χ4v) is 10.2. The van der Waals surface area contributed by atoms with Crippen LogP contribution in [0.2, 0.25) is 0 Å². The molecule has 0 saturated heterocycles. The van der Waals surface area contributed by atoms with E-state index in [1.54, 1.807) is 0 Å². The molecule has 322 valence electrons. The molecule has 0 unspecified atom stereocenters. The summed E-state index contributed by atoms with van der Waals surface area (Å²) in [6.45, 7) is 22.1. The van der Waals surface area contributed by atoms with Gasteiger partial charge in [0.2, 0.25) is 0 Å². The molecular formula is C59H51N5Pt. The SMILES string of the molecule is Cc1cccc(-n2c(-c3ccc(-c4c(C)cc(C)cc4C)c4c3[n-]c3ccc(C)cc34)nc3c(-c4[c-]c5c(cc4)c4cc(C)ccc4n5-c4cc(C(C)(C)C)ccn4)cc(C)cc32)c1.[Pt+2]. The van der Waals surface area contributed by atoms with Crippen molar-refractivity contribution < 1.29 is 21.1 Å². The molecule has 0 fully saturated rings. The zero-order valence-electron chi connectivity index (χ0n) is 38.7. The van der Waals surface area contributed by atoms with Gasteiger partial charge < -0.3 is 9.55 Å². The average molecular weight is 1030 g/mol. The Bertz CT molecular complexity index is 3710. The molecule has 6 heteroatoms. The van der Waals surface area contributed by atoms with E-state index < -0.39 is 0 Å². The summed E-state index contributed by atoms with van der Waals surface area (Å²) in [4.78, 5) is 16.2. The van der Waals surface area contributed by atoms with Gasteiger partial charge in [-0.05, 0) is 145 Å². The predicted molar refractivity (Wildman–Crippen MR) is 269 cm³/mol. The smallest absolute Gasteiger partial charge is 0.656 e. The molecule has 7 aromatic carbocycles. The van der Waals surface area contributed by atoms with Gasteiger partial charge in [-0.2, -0.15) is 0 Å². The standard InChI is InChI=1S/C59H51N5.Pt/c1-33-12-11-13-42(26-33)63-52-30-37(5)29-46(40-16-17-43-47-27-35(3)15-21-50(47)64(51(43)31-40)53-32-41(22-23-60-53)59(8,9)10)56(52)62-58(63)45-19-18-44(54-38(6)24-36(4)25-39(54)7)55-48-28-34(2)14-20-49(48)61-57(45)55;/h11-30,32H,1-10H3;/q-2;+2. The number of fused-ring (bicyclic) bond motifs is 7. The van der Waals surface area contributed by atoms with Gasteiger partial charge in [-0.25, -0.2) is 9.97 Å². The summed E-state index contributed by atoms with van der Waals surface area (Å²) in [6.07, 6.45) is 1.94. The molecule has 0 radical (unpaired) electrons. The summed E-state index contributed by atoms with van der Waals surface area (Å²) in [5.74, 6) is 1.74. The third-order valence-corrected chi connectivity index (χ3v) is 13.1. The number of rotatable bonds is 5. The van der Waals surface area contributed by atoms with E-state index >= 15 is 0 Å². The fourth-order valence-electron chi connectivity index (χ4n) is 10.2. The first-order valence-electron chi connectivity index (χ1n) is 22.3.